The lowest BCUT2D eigenvalue weighted by Crippen LogP contribution is -2.45. The second-order valence-corrected chi connectivity index (χ2v) is 6.68. The summed E-state index contributed by atoms with van der Waals surface area (Å²) in [5.41, 5.74) is 1.63. The fourth-order valence-electron chi connectivity index (χ4n) is 3.46. The quantitative estimate of drug-likeness (QED) is 0.580. The van der Waals surface area contributed by atoms with Crippen molar-refractivity contribution in [3.05, 3.63) is 41.1 Å². The molecule has 1 atom stereocenters. The molecule has 1 heterocycles. The zero-order valence-electron chi connectivity index (χ0n) is 14.4. The molecule has 1 aliphatic heterocycles. The molecule has 0 saturated heterocycles. The normalized spacial score (nSPS) is 22.0. The van der Waals surface area contributed by atoms with Gasteiger partial charge in [0.2, 0.25) is 0 Å². The molecule has 3 N–H and O–H groups in total. The van der Waals surface area contributed by atoms with Gasteiger partial charge in [-0.25, -0.2) is 9.59 Å². The number of allylic oxidation sites excluding steroid dienone is 1. The van der Waals surface area contributed by atoms with Gasteiger partial charge in [-0.3, -0.25) is 0 Å². The van der Waals surface area contributed by atoms with E-state index in [0.29, 0.717) is 11.3 Å². The highest BCUT2D eigenvalue weighted by atomic mass is 16.5. The first-order valence-electron chi connectivity index (χ1n) is 8.83. The van der Waals surface area contributed by atoms with Crippen molar-refractivity contribution in [1.82, 2.24) is 10.6 Å². The van der Waals surface area contributed by atoms with Crippen molar-refractivity contribution in [2.24, 2.45) is 0 Å². The summed E-state index contributed by atoms with van der Waals surface area (Å²) in [5.74, 6) is -0.262. The molecule has 1 aromatic carbocycles. The second kappa shape index (κ2) is 7.59. The summed E-state index contributed by atoms with van der Waals surface area (Å²) in [5, 5.41) is 14.9. The van der Waals surface area contributed by atoms with E-state index in [0.717, 1.165) is 31.2 Å². The molecular weight excluding hydrogens is 320 g/mol. The molecule has 6 heteroatoms. The number of carbonyl (C=O) groups is 2. The molecule has 2 amide bonds. The summed E-state index contributed by atoms with van der Waals surface area (Å²) >= 11 is 0. The fourth-order valence-corrected chi connectivity index (χ4v) is 3.46. The number of nitrogens with one attached hydrogen (secondary N) is 2. The minimum absolute atomic E-state index is 0.0617. The Kier molecular flexibility index (Phi) is 5.26. The predicted octanol–water partition coefficient (Wildman–Crippen LogP) is 3.29. The number of benzene rings is 1. The maximum atomic E-state index is 12.8. The van der Waals surface area contributed by atoms with Crippen molar-refractivity contribution in [2.45, 2.75) is 57.6 Å². The average Bonchev–Trinajstić information content (AvgIpc) is 2.83. The molecule has 3 rings (SSSR count). The molecule has 0 bridgehead atoms. The Balaban J connectivity index is 1.83. The number of esters is 1. The van der Waals surface area contributed by atoms with Gasteiger partial charge < -0.3 is 20.5 Å². The summed E-state index contributed by atoms with van der Waals surface area (Å²) in [6, 6.07) is 5.50. The number of hydrogen-bond donors (Lipinski definition) is 3. The van der Waals surface area contributed by atoms with Crippen molar-refractivity contribution in [2.75, 3.05) is 0 Å². The van der Waals surface area contributed by atoms with Gasteiger partial charge >= 0.3 is 12.0 Å². The zero-order chi connectivity index (χ0) is 17.8. The van der Waals surface area contributed by atoms with Gasteiger partial charge in [0.25, 0.3) is 0 Å². The number of rotatable bonds is 3. The lowest BCUT2D eigenvalue weighted by atomic mass is 9.95. The van der Waals surface area contributed by atoms with Crippen LogP contribution in [0.1, 0.15) is 57.1 Å². The van der Waals surface area contributed by atoms with E-state index >= 15 is 0 Å². The minimum Gasteiger partial charge on any atom is -0.508 e. The van der Waals surface area contributed by atoms with Crippen LogP contribution in [0.25, 0.3) is 0 Å². The van der Waals surface area contributed by atoms with Crippen LogP contribution in [0, 0.1) is 0 Å². The Hall–Kier alpha value is -2.50. The van der Waals surface area contributed by atoms with Crippen LogP contribution in [0.4, 0.5) is 4.79 Å². The molecular formula is C19H24N2O4. The number of phenolic OH excluding ortho intramolecular Hbond substituents is 1. The van der Waals surface area contributed by atoms with Crippen molar-refractivity contribution in [3.63, 3.8) is 0 Å². The topological polar surface area (TPSA) is 87.7 Å². The van der Waals surface area contributed by atoms with Gasteiger partial charge in [-0.1, -0.05) is 25.0 Å². The van der Waals surface area contributed by atoms with Crippen LogP contribution in [0.15, 0.2) is 35.5 Å². The minimum atomic E-state index is -0.590. The van der Waals surface area contributed by atoms with Crippen LogP contribution in [-0.4, -0.2) is 23.2 Å². The fraction of sp³-hybridized carbons (Fsp3) is 0.474. The molecule has 0 unspecified atom stereocenters. The van der Waals surface area contributed by atoms with Crippen LogP contribution in [-0.2, 0) is 9.53 Å². The van der Waals surface area contributed by atoms with Crippen LogP contribution < -0.4 is 10.6 Å². The van der Waals surface area contributed by atoms with Gasteiger partial charge in [-0.2, -0.15) is 0 Å². The predicted molar refractivity (Wildman–Crippen MR) is 92.8 cm³/mol. The Morgan fingerprint density at radius 3 is 2.40 bits per heavy atom. The number of hydrogen-bond acceptors (Lipinski definition) is 4. The van der Waals surface area contributed by atoms with Crippen LogP contribution in [0.5, 0.6) is 5.75 Å². The third-order valence-corrected chi connectivity index (χ3v) is 4.79. The summed E-state index contributed by atoms with van der Waals surface area (Å²) in [6.07, 6.45) is 6.24. The van der Waals surface area contributed by atoms with Crippen molar-refractivity contribution in [3.8, 4) is 5.75 Å². The lowest BCUT2D eigenvalue weighted by Gasteiger charge is -2.29. The maximum Gasteiger partial charge on any atom is 0.338 e. The molecule has 0 spiro atoms. The van der Waals surface area contributed by atoms with Gasteiger partial charge in [-0.15, -0.1) is 0 Å². The van der Waals surface area contributed by atoms with Crippen molar-refractivity contribution in [1.29, 1.82) is 0 Å². The van der Waals surface area contributed by atoms with Gasteiger partial charge in [-0.05, 0) is 50.3 Å². The van der Waals surface area contributed by atoms with Crippen LogP contribution in [0.3, 0.4) is 0 Å². The number of carbonyl (C=O) groups excluding carboxylic acids is 2. The second-order valence-electron chi connectivity index (χ2n) is 6.68. The van der Waals surface area contributed by atoms with E-state index in [-0.39, 0.29) is 17.9 Å². The third-order valence-electron chi connectivity index (χ3n) is 4.79. The van der Waals surface area contributed by atoms with E-state index in [2.05, 4.69) is 10.6 Å². The molecule has 0 radical (unpaired) electrons. The SMILES string of the molecule is CC1=C(C(=O)OC2CCCCCC2)[C@@H](c2ccc(O)cc2)NC(=O)N1. The molecule has 6 nitrogen and oxygen atoms in total. The van der Waals surface area contributed by atoms with E-state index in [4.69, 9.17) is 4.74 Å². The van der Waals surface area contributed by atoms with Crippen LogP contribution in [0.2, 0.25) is 0 Å². The molecule has 134 valence electrons. The summed E-state index contributed by atoms with van der Waals surface area (Å²) in [4.78, 5) is 24.7. The average molecular weight is 344 g/mol. The molecule has 0 aromatic heterocycles. The number of phenols is 1. The number of urea groups is 1. The Morgan fingerprint density at radius 2 is 1.76 bits per heavy atom. The van der Waals surface area contributed by atoms with Crippen molar-refractivity contribution >= 4 is 12.0 Å². The van der Waals surface area contributed by atoms with E-state index in [1.807, 2.05) is 0 Å². The molecule has 1 aliphatic carbocycles. The highest BCUT2D eigenvalue weighted by molar-refractivity contribution is 5.95. The van der Waals surface area contributed by atoms with E-state index in [9.17, 15) is 14.7 Å². The maximum absolute atomic E-state index is 12.8. The molecule has 2 aliphatic rings. The largest absolute Gasteiger partial charge is 0.508 e. The monoisotopic (exact) mass is 344 g/mol. The molecule has 1 fully saturated rings. The first-order chi connectivity index (χ1) is 12.0. The Morgan fingerprint density at radius 1 is 1.12 bits per heavy atom. The first-order valence-corrected chi connectivity index (χ1v) is 8.83. The van der Waals surface area contributed by atoms with E-state index in [1.54, 1.807) is 19.1 Å². The standard InChI is InChI=1S/C19H24N2O4/c1-12-16(18(23)25-15-6-4-2-3-5-7-15)17(21-19(24)20-12)13-8-10-14(22)11-9-13/h8-11,15,17,22H,2-7H2,1H3,(H2,20,21,24)/t17-/m1/s1. The highest BCUT2D eigenvalue weighted by Gasteiger charge is 2.33. The summed E-state index contributed by atoms with van der Waals surface area (Å²) in [6.45, 7) is 1.70. The van der Waals surface area contributed by atoms with E-state index < -0.39 is 12.0 Å². The summed E-state index contributed by atoms with van der Waals surface area (Å²) in [7, 11) is 0. The lowest BCUT2D eigenvalue weighted by molar-refractivity contribution is -0.145. The van der Waals surface area contributed by atoms with Gasteiger partial charge in [0.05, 0.1) is 11.6 Å². The number of ether oxygens (including phenoxy) is 1. The van der Waals surface area contributed by atoms with Gasteiger partial charge in [0, 0.05) is 5.70 Å². The number of amides is 2. The molecule has 1 aromatic rings. The number of aromatic hydroxyl groups is 1. The van der Waals surface area contributed by atoms with Crippen LogP contribution >= 0.6 is 0 Å². The smallest absolute Gasteiger partial charge is 0.338 e. The Bertz CT molecular complexity index is 673. The Labute approximate surface area is 147 Å². The zero-order valence-corrected chi connectivity index (χ0v) is 14.4. The highest BCUT2D eigenvalue weighted by Crippen LogP contribution is 2.30. The van der Waals surface area contributed by atoms with Gasteiger partial charge in [0.15, 0.2) is 0 Å². The van der Waals surface area contributed by atoms with E-state index in [1.165, 1.54) is 25.0 Å². The van der Waals surface area contributed by atoms with Crippen molar-refractivity contribution < 1.29 is 19.4 Å². The van der Waals surface area contributed by atoms with Gasteiger partial charge in [0.1, 0.15) is 11.9 Å². The summed E-state index contributed by atoms with van der Waals surface area (Å²) < 4.78 is 5.75. The molecule has 1 saturated carbocycles. The molecule has 25 heavy (non-hydrogen) atoms. The first kappa shape index (κ1) is 17.3. The third kappa shape index (κ3) is 4.13.